The maximum Gasteiger partial charge on any atom is 0.151 e. The van der Waals surface area contributed by atoms with Gasteiger partial charge in [0.05, 0.1) is 0 Å². The molecule has 1 N–H and O–H groups in total. The van der Waals surface area contributed by atoms with Crippen LogP contribution in [0.4, 0.5) is 0 Å². The molecule has 0 aliphatic carbocycles. The Kier molecular flexibility index (Phi) is 10.8. The lowest BCUT2D eigenvalue weighted by atomic mass is 10.0. The fraction of sp³-hybridized carbons (Fsp3) is 0.500. The average molecular weight is 469 g/mol. The molecule has 2 nitrogen and oxygen atoms in total. The van der Waals surface area contributed by atoms with Crippen molar-refractivity contribution in [2.75, 3.05) is 12.0 Å². The highest BCUT2D eigenvalue weighted by Crippen LogP contribution is 2.34. The van der Waals surface area contributed by atoms with Gasteiger partial charge in [-0.05, 0) is 122 Å². The van der Waals surface area contributed by atoms with E-state index < -0.39 is 0 Å². The molecule has 3 heteroatoms. The van der Waals surface area contributed by atoms with Crippen molar-refractivity contribution in [3.05, 3.63) is 68.5 Å². The predicted octanol–water partition coefficient (Wildman–Crippen LogP) is 9.69. The number of unbranched alkanes of at least 4 members (excludes halogenated alkanes) is 1. The van der Waals surface area contributed by atoms with Crippen molar-refractivity contribution in [2.24, 2.45) is 0 Å². The number of hydrogen-bond donors (Lipinski definition) is 1. The molecule has 2 rings (SSSR count). The number of rotatable bonds is 10. The van der Waals surface area contributed by atoms with Crippen molar-refractivity contribution < 1.29 is 9.52 Å². The Morgan fingerprint density at radius 1 is 0.848 bits per heavy atom. The average Bonchev–Trinajstić information content (AvgIpc) is 2.78. The first-order valence-electron chi connectivity index (χ1n) is 12.2. The third-order valence-corrected chi connectivity index (χ3v) is 8.27. The van der Waals surface area contributed by atoms with E-state index in [0.717, 1.165) is 63.8 Å². The van der Waals surface area contributed by atoms with E-state index in [4.69, 9.17) is 4.42 Å². The third-order valence-electron chi connectivity index (χ3n) is 6.46. The zero-order chi connectivity index (χ0) is 24.5. The number of aryl methyl sites for hydroxylation is 2. The van der Waals surface area contributed by atoms with E-state index in [9.17, 15) is 5.11 Å². The van der Waals surface area contributed by atoms with E-state index in [0.29, 0.717) is 5.75 Å². The second-order valence-corrected chi connectivity index (χ2v) is 11.7. The minimum absolute atomic E-state index is 0.0780. The molecule has 0 bridgehead atoms. The topological polar surface area (TPSA) is 33.4 Å². The van der Waals surface area contributed by atoms with Crippen LogP contribution < -0.4 is 0 Å². The lowest BCUT2D eigenvalue weighted by Crippen LogP contribution is -1.90. The molecule has 0 saturated carbocycles. The van der Waals surface area contributed by atoms with Gasteiger partial charge in [-0.15, -0.1) is 10.5 Å². The molecular formula is C30H44O2S. The molecule has 0 spiro atoms. The first-order valence-corrected chi connectivity index (χ1v) is 14.0. The van der Waals surface area contributed by atoms with Crippen molar-refractivity contribution in [3.8, 4) is 5.75 Å². The first kappa shape index (κ1) is 27.2. The molecule has 0 radical (unpaired) electrons. The van der Waals surface area contributed by atoms with Gasteiger partial charge in [-0.2, -0.15) is 0 Å². The Bertz CT molecular complexity index is 1120. The number of hydrogen-bond acceptors (Lipinski definition) is 2. The van der Waals surface area contributed by atoms with Gasteiger partial charge in [0.2, 0.25) is 0 Å². The number of aromatic hydroxyl groups is 1. The Balaban J connectivity index is 1.92. The maximum absolute atomic E-state index is 10.3. The van der Waals surface area contributed by atoms with Gasteiger partial charge in [0, 0.05) is 10.9 Å². The number of benzene rings is 1. The fourth-order valence-electron chi connectivity index (χ4n) is 4.02. The molecular weight excluding hydrogens is 424 g/mol. The highest BCUT2D eigenvalue weighted by atomic mass is 32.2. The van der Waals surface area contributed by atoms with Crippen molar-refractivity contribution >= 4 is 21.5 Å². The van der Waals surface area contributed by atoms with E-state index in [-0.39, 0.29) is 10.5 Å². The van der Waals surface area contributed by atoms with E-state index in [1.165, 1.54) is 29.6 Å². The number of allylic oxidation sites excluding steroid dienone is 6. The van der Waals surface area contributed by atoms with Gasteiger partial charge < -0.3 is 9.52 Å². The van der Waals surface area contributed by atoms with Crippen LogP contribution in [-0.4, -0.2) is 17.1 Å². The molecule has 1 atom stereocenters. The van der Waals surface area contributed by atoms with E-state index in [2.05, 4.69) is 64.3 Å². The summed E-state index contributed by atoms with van der Waals surface area (Å²) in [7, 11) is 0.0780. The summed E-state index contributed by atoms with van der Waals surface area (Å²) in [5.74, 6) is 1.52. The van der Waals surface area contributed by atoms with Crippen LogP contribution in [0.2, 0.25) is 0 Å². The maximum atomic E-state index is 10.3. The second-order valence-electron chi connectivity index (χ2n) is 9.66. The lowest BCUT2D eigenvalue weighted by molar-refractivity contribution is 0.466. The lowest BCUT2D eigenvalue weighted by Gasteiger charge is -2.12. The van der Waals surface area contributed by atoms with Crippen LogP contribution in [0.25, 0.3) is 11.0 Å². The first-order chi connectivity index (χ1) is 15.6. The smallest absolute Gasteiger partial charge is 0.151 e. The molecule has 1 aromatic carbocycles. The molecule has 0 aliphatic rings. The summed E-state index contributed by atoms with van der Waals surface area (Å²) in [4.78, 5) is 0. The van der Waals surface area contributed by atoms with Crippen LogP contribution in [0.3, 0.4) is 0 Å². The van der Waals surface area contributed by atoms with Crippen molar-refractivity contribution in [2.45, 2.75) is 87.0 Å². The van der Waals surface area contributed by atoms with Gasteiger partial charge >= 0.3 is 0 Å². The number of phenols is 1. The van der Waals surface area contributed by atoms with Crippen LogP contribution in [0.5, 0.6) is 5.75 Å². The molecule has 1 heterocycles. The fourth-order valence-corrected chi connectivity index (χ4v) is 5.35. The van der Waals surface area contributed by atoms with Gasteiger partial charge in [0.1, 0.15) is 11.3 Å². The summed E-state index contributed by atoms with van der Waals surface area (Å²) in [5.41, 5.74) is 8.17. The van der Waals surface area contributed by atoms with Crippen LogP contribution in [0, 0.1) is 25.5 Å². The van der Waals surface area contributed by atoms with Gasteiger partial charge in [-0.1, -0.05) is 34.9 Å². The molecule has 0 aliphatic heterocycles. The van der Waals surface area contributed by atoms with Gasteiger partial charge in [-0.25, -0.2) is 0 Å². The standard InChI is InChI=1S/C30H44O2S/c1-21(2)13-11-15-23(4)17-12-16-22(3)14-9-10-20-33(8)28-19-18-27-26(7)29(31)24(5)25(6)30(27)32-28/h13-14,17-19,31H,9-12,15-16,20H2,1-8H3/b22-14+,23-17+. The minimum atomic E-state index is 0.0780. The summed E-state index contributed by atoms with van der Waals surface area (Å²) in [6, 6.07) is 4.21. The van der Waals surface area contributed by atoms with Gasteiger partial charge in [-0.3, -0.25) is 0 Å². The van der Waals surface area contributed by atoms with Gasteiger partial charge in [0.25, 0.3) is 0 Å². The Labute approximate surface area is 204 Å². The quantitative estimate of drug-likeness (QED) is 0.214. The molecule has 0 amide bonds. The largest absolute Gasteiger partial charge is 0.507 e. The van der Waals surface area contributed by atoms with Crippen LogP contribution in [0.1, 0.15) is 82.9 Å². The number of fused-ring (bicyclic) bond motifs is 1. The zero-order valence-electron chi connectivity index (χ0n) is 22.1. The second kappa shape index (κ2) is 13.0. The Morgan fingerprint density at radius 3 is 2.09 bits per heavy atom. The monoisotopic (exact) mass is 468 g/mol. The van der Waals surface area contributed by atoms with E-state index in [1.807, 2.05) is 20.8 Å². The normalized spacial score (nSPS) is 14.0. The molecule has 2 aromatic rings. The van der Waals surface area contributed by atoms with Crippen molar-refractivity contribution in [3.63, 3.8) is 0 Å². The van der Waals surface area contributed by atoms with Crippen LogP contribution >= 0.6 is 10.5 Å². The zero-order valence-corrected chi connectivity index (χ0v) is 22.9. The highest BCUT2D eigenvalue weighted by Gasteiger charge is 2.12. The SMILES string of the molecule is CC(C)=CCC/C(C)=C/CC/C(C)=C/CCCS(C)=c1ccc2c(C)c(O)c(C)c(C)c2o1. The third kappa shape index (κ3) is 8.07. The summed E-state index contributed by atoms with van der Waals surface area (Å²) >= 11 is 0. The van der Waals surface area contributed by atoms with Crippen LogP contribution in [-0.2, 0) is 0 Å². The molecule has 0 fully saturated rings. The van der Waals surface area contributed by atoms with E-state index in [1.54, 1.807) is 0 Å². The summed E-state index contributed by atoms with van der Waals surface area (Å²) in [6.45, 7) is 14.8. The number of phenolic OH excluding ortho intramolecular Hbond substituents is 1. The summed E-state index contributed by atoms with van der Waals surface area (Å²) < 4.78 is 7.40. The minimum Gasteiger partial charge on any atom is -0.507 e. The molecule has 0 saturated heterocycles. The Hall–Kier alpha value is -2.00. The summed E-state index contributed by atoms with van der Waals surface area (Å²) in [5, 5.41) is 11.3. The molecule has 33 heavy (non-hydrogen) atoms. The van der Waals surface area contributed by atoms with Crippen molar-refractivity contribution in [1.29, 1.82) is 0 Å². The molecule has 1 aromatic heterocycles. The highest BCUT2D eigenvalue weighted by molar-refractivity contribution is 8.08. The van der Waals surface area contributed by atoms with Gasteiger partial charge in [0.15, 0.2) is 4.71 Å². The summed E-state index contributed by atoms with van der Waals surface area (Å²) in [6.07, 6.45) is 16.4. The molecule has 182 valence electrons. The van der Waals surface area contributed by atoms with Crippen molar-refractivity contribution in [1.82, 2.24) is 0 Å². The van der Waals surface area contributed by atoms with E-state index >= 15 is 0 Å². The Morgan fingerprint density at radius 2 is 1.45 bits per heavy atom. The predicted molar refractivity (Wildman–Crippen MR) is 148 cm³/mol. The molecule has 1 unspecified atom stereocenters. The van der Waals surface area contributed by atoms with Crippen LogP contribution in [0.15, 0.2) is 51.5 Å².